The normalized spacial score (nSPS) is 19.0. The Morgan fingerprint density at radius 3 is 2.57 bits per heavy atom. The zero-order valence-electron chi connectivity index (χ0n) is 19.7. The van der Waals surface area contributed by atoms with E-state index in [4.69, 9.17) is 16.0 Å². The zero-order chi connectivity index (χ0) is 25.0. The Labute approximate surface area is 203 Å². The summed E-state index contributed by atoms with van der Waals surface area (Å²) in [5.74, 6) is 0.0866. The van der Waals surface area contributed by atoms with Crippen LogP contribution >= 0.6 is 0 Å². The van der Waals surface area contributed by atoms with E-state index in [2.05, 4.69) is 15.5 Å². The van der Waals surface area contributed by atoms with Gasteiger partial charge in [-0.1, -0.05) is 0 Å². The molecule has 0 aliphatic carbocycles. The molecule has 2 aromatic rings. The van der Waals surface area contributed by atoms with Gasteiger partial charge >= 0.3 is 11.8 Å². The standard InChI is InChI=1S/C25H28FN5O4/c1-17(32)28-15-21-16-31(24(33)35-21)19-6-9-23(22(26)14-19)30-12-10-25(27-2,11-13-30)29-18-4-7-20(34-3)8-5-18/h4-9,14,21,29H,10-13,15-16H2,1,3H3,(H,28,32)/t21-/m0/s1. The largest absolute Gasteiger partial charge is 0.497 e. The van der Waals surface area contributed by atoms with Crippen LogP contribution in [-0.4, -0.2) is 57.1 Å². The van der Waals surface area contributed by atoms with Gasteiger partial charge in [0, 0.05) is 25.7 Å². The Hall–Kier alpha value is -4.00. The molecular weight excluding hydrogens is 453 g/mol. The van der Waals surface area contributed by atoms with Gasteiger partial charge in [-0.2, -0.15) is 0 Å². The highest BCUT2D eigenvalue weighted by molar-refractivity contribution is 5.90. The van der Waals surface area contributed by atoms with Gasteiger partial charge in [0.15, 0.2) is 0 Å². The third-order valence-electron chi connectivity index (χ3n) is 6.31. The van der Waals surface area contributed by atoms with Gasteiger partial charge < -0.3 is 25.0 Å². The highest BCUT2D eigenvalue weighted by Gasteiger charge is 2.41. The number of rotatable bonds is 7. The Kier molecular flexibility index (Phi) is 6.96. The zero-order valence-corrected chi connectivity index (χ0v) is 19.7. The van der Waals surface area contributed by atoms with Gasteiger partial charge in [0.05, 0.1) is 44.4 Å². The average Bonchev–Trinajstić information content (AvgIpc) is 3.24. The van der Waals surface area contributed by atoms with Crippen molar-refractivity contribution in [2.75, 3.05) is 48.4 Å². The predicted molar refractivity (Wildman–Crippen MR) is 130 cm³/mol. The van der Waals surface area contributed by atoms with E-state index >= 15 is 4.39 Å². The topological polar surface area (TPSA) is 87.5 Å². The van der Waals surface area contributed by atoms with E-state index < -0.39 is 23.7 Å². The first kappa shape index (κ1) is 24.1. The first-order chi connectivity index (χ1) is 16.8. The smallest absolute Gasteiger partial charge is 0.414 e. The summed E-state index contributed by atoms with van der Waals surface area (Å²) in [6.07, 6.45) is -0.0203. The maximum Gasteiger partial charge on any atom is 0.414 e. The minimum Gasteiger partial charge on any atom is -0.497 e. The third kappa shape index (κ3) is 5.40. The number of carbonyl (C=O) groups is 2. The maximum absolute atomic E-state index is 15.1. The Morgan fingerprint density at radius 2 is 1.97 bits per heavy atom. The molecule has 2 aliphatic heterocycles. The number of halogens is 1. The van der Waals surface area contributed by atoms with Gasteiger partial charge in [-0.3, -0.25) is 14.5 Å². The Morgan fingerprint density at radius 1 is 1.26 bits per heavy atom. The molecule has 4 rings (SSSR count). The molecule has 0 radical (unpaired) electrons. The number of carbonyl (C=O) groups excluding carboxylic acids is 2. The molecule has 184 valence electrons. The fraction of sp³-hybridized carbons (Fsp3) is 0.400. The summed E-state index contributed by atoms with van der Waals surface area (Å²) in [5, 5.41) is 5.96. The number of nitrogens with one attached hydrogen (secondary N) is 2. The molecule has 0 saturated carbocycles. The van der Waals surface area contributed by atoms with E-state index in [-0.39, 0.29) is 19.0 Å². The van der Waals surface area contributed by atoms with Crippen molar-refractivity contribution in [3.8, 4) is 5.75 Å². The molecule has 2 aromatic carbocycles. The molecule has 0 bridgehead atoms. The molecule has 10 heteroatoms. The predicted octanol–water partition coefficient (Wildman–Crippen LogP) is 3.62. The van der Waals surface area contributed by atoms with Crippen LogP contribution in [0.5, 0.6) is 5.75 Å². The number of cyclic esters (lactones) is 1. The Balaban J connectivity index is 1.39. The van der Waals surface area contributed by atoms with E-state index in [0.29, 0.717) is 37.3 Å². The molecule has 2 amide bonds. The van der Waals surface area contributed by atoms with Crippen LogP contribution in [0.4, 0.5) is 26.2 Å². The number of amides is 2. The lowest BCUT2D eigenvalue weighted by Crippen LogP contribution is -2.47. The summed E-state index contributed by atoms with van der Waals surface area (Å²) >= 11 is 0. The molecular formula is C25H28FN5O4. The van der Waals surface area contributed by atoms with Gasteiger partial charge in [-0.25, -0.2) is 15.8 Å². The number of anilines is 3. The van der Waals surface area contributed by atoms with Crippen LogP contribution < -0.4 is 25.2 Å². The minimum absolute atomic E-state index is 0.208. The molecule has 2 heterocycles. The number of piperidine rings is 1. The summed E-state index contributed by atoms with van der Waals surface area (Å²) in [6, 6.07) is 12.1. The van der Waals surface area contributed by atoms with Crippen molar-refractivity contribution in [1.29, 1.82) is 0 Å². The van der Waals surface area contributed by atoms with Crippen molar-refractivity contribution in [2.45, 2.75) is 31.5 Å². The van der Waals surface area contributed by atoms with Crippen LogP contribution in [0, 0.1) is 12.4 Å². The van der Waals surface area contributed by atoms with Gasteiger partial charge in [0.2, 0.25) is 5.91 Å². The summed E-state index contributed by atoms with van der Waals surface area (Å²) in [5.41, 5.74) is 0.901. The lowest BCUT2D eigenvalue weighted by Gasteiger charge is -2.36. The second-order valence-electron chi connectivity index (χ2n) is 8.67. The quantitative estimate of drug-likeness (QED) is 0.588. The van der Waals surface area contributed by atoms with Crippen LogP contribution in [-0.2, 0) is 9.53 Å². The van der Waals surface area contributed by atoms with Crippen molar-refractivity contribution in [3.63, 3.8) is 0 Å². The summed E-state index contributed by atoms with van der Waals surface area (Å²) < 4.78 is 25.5. The van der Waals surface area contributed by atoms with Crippen molar-refractivity contribution in [1.82, 2.24) is 5.32 Å². The van der Waals surface area contributed by atoms with E-state index in [1.54, 1.807) is 19.2 Å². The number of hydrogen-bond donors (Lipinski definition) is 2. The van der Waals surface area contributed by atoms with E-state index in [1.807, 2.05) is 29.2 Å². The first-order valence-electron chi connectivity index (χ1n) is 11.4. The number of methoxy groups -OCH3 is 1. The molecule has 0 aromatic heterocycles. The second-order valence-corrected chi connectivity index (χ2v) is 8.67. The second kappa shape index (κ2) is 10.1. The van der Waals surface area contributed by atoms with Crippen molar-refractivity contribution < 1.29 is 23.5 Å². The molecule has 0 unspecified atom stereocenters. The van der Waals surface area contributed by atoms with Crippen molar-refractivity contribution in [3.05, 3.63) is 59.7 Å². The number of benzene rings is 2. The monoisotopic (exact) mass is 481 g/mol. The van der Waals surface area contributed by atoms with Gasteiger partial charge in [0.25, 0.3) is 0 Å². The third-order valence-corrected chi connectivity index (χ3v) is 6.31. The molecule has 2 N–H and O–H groups in total. The molecule has 2 saturated heterocycles. The molecule has 35 heavy (non-hydrogen) atoms. The van der Waals surface area contributed by atoms with Crippen LogP contribution in [0.25, 0.3) is 4.85 Å². The summed E-state index contributed by atoms with van der Waals surface area (Å²) in [7, 11) is 1.60. The van der Waals surface area contributed by atoms with Crippen LogP contribution in [0.1, 0.15) is 19.8 Å². The number of ether oxygens (including phenoxy) is 2. The van der Waals surface area contributed by atoms with Gasteiger partial charge in [-0.05, 0) is 42.5 Å². The lowest BCUT2D eigenvalue weighted by atomic mass is 9.96. The summed E-state index contributed by atoms with van der Waals surface area (Å²) in [6.45, 7) is 10.6. The van der Waals surface area contributed by atoms with Gasteiger partial charge in [0.1, 0.15) is 17.7 Å². The van der Waals surface area contributed by atoms with Crippen LogP contribution in [0.15, 0.2) is 42.5 Å². The molecule has 2 aliphatic rings. The highest BCUT2D eigenvalue weighted by Crippen LogP contribution is 2.34. The minimum atomic E-state index is -0.760. The number of hydrogen-bond acceptors (Lipinski definition) is 6. The van der Waals surface area contributed by atoms with E-state index in [0.717, 1.165) is 11.4 Å². The lowest BCUT2D eigenvalue weighted by molar-refractivity contribution is -0.119. The maximum atomic E-state index is 15.1. The SMILES string of the molecule is [C-]#[N+]C1(Nc2ccc(OC)cc2)CCN(c2ccc(N3C[C@H](CNC(C)=O)OC3=O)cc2F)CC1. The fourth-order valence-electron chi connectivity index (χ4n) is 4.34. The first-order valence-corrected chi connectivity index (χ1v) is 11.4. The Bertz CT molecular complexity index is 1130. The van der Waals surface area contributed by atoms with Crippen molar-refractivity contribution >= 4 is 29.1 Å². The molecule has 1 atom stereocenters. The fourth-order valence-corrected chi connectivity index (χ4v) is 4.34. The molecule has 9 nitrogen and oxygen atoms in total. The molecule has 0 spiro atoms. The van der Waals surface area contributed by atoms with Gasteiger partial charge in [-0.15, -0.1) is 0 Å². The van der Waals surface area contributed by atoms with Crippen LogP contribution in [0.2, 0.25) is 0 Å². The van der Waals surface area contributed by atoms with E-state index in [1.165, 1.54) is 17.9 Å². The van der Waals surface area contributed by atoms with Crippen molar-refractivity contribution in [2.24, 2.45) is 0 Å². The van der Waals surface area contributed by atoms with E-state index in [9.17, 15) is 9.59 Å². The highest BCUT2D eigenvalue weighted by atomic mass is 19.1. The average molecular weight is 482 g/mol. The van der Waals surface area contributed by atoms with Crippen LogP contribution in [0.3, 0.4) is 0 Å². The number of nitrogens with zero attached hydrogens (tertiary/aromatic N) is 3. The summed E-state index contributed by atoms with van der Waals surface area (Å²) in [4.78, 5) is 30.5. The molecule has 2 fully saturated rings.